The molecule has 0 unspecified atom stereocenters. The van der Waals surface area contributed by atoms with E-state index in [0.29, 0.717) is 5.69 Å². The molecule has 0 atom stereocenters. The van der Waals surface area contributed by atoms with Gasteiger partial charge in [0.15, 0.2) is 0 Å². The summed E-state index contributed by atoms with van der Waals surface area (Å²) in [5, 5.41) is 6.52. The summed E-state index contributed by atoms with van der Waals surface area (Å²) in [7, 11) is 0. The third-order valence-electron chi connectivity index (χ3n) is 1.99. The summed E-state index contributed by atoms with van der Waals surface area (Å²) in [6, 6.07) is 7.19. The first-order valence-electron chi connectivity index (χ1n) is 4.46. The predicted molar refractivity (Wildman–Crippen MR) is 55.1 cm³/mol. The fourth-order valence-corrected chi connectivity index (χ4v) is 1.26. The Kier molecular flexibility index (Phi) is 2.21. The second-order valence-corrected chi connectivity index (χ2v) is 3.20. The third-order valence-corrected chi connectivity index (χ3v) is 1.99. The maximum atomic E-state index is 10.8. The van der Waals surface area contributed by atoms with Gasteiger partial charge in [0.25, 0.3) is 5.91 Å². The standard InChI is InChI=1S/C10H10N4O/c1-6-3-2-4-7(12-6)8-5-9(10(11)15)14-13-8/h2-5H,1H3,(H2,11,15)(H,13,14). The quantitative estimate of drug-likeness (QED) is 0.758. The summed E-state index contributed by atoms with van der Waals surface area (Å²) in [5.74, 6) is -0.526. The van der Waals surface area contributed by atoms with Crippen LogP contribution in [0.5, 0.6) is 0 Å². The van der Waals surface area contributed by atoms with Crippen LogP contribution in [0.25, 0.3) is 11.4 Å². The van der Waals surface area contributed by atoms with Crippen molar-refractivity contribution in [2.75, 3.05) is 0 Å². The Balaban J connectivity index is 2.41. The summed E-state index contributed by atoms with van der Waals surface area (Å²) in [6.45, 7) is 1.89. The minimum Gasteiger partial charge on any atom is -0.364 e. The number of nitrogens with two attached hydrogens (primary N) is 1. The molecule has 1 amide bonds. The fraction of sp³-hybridized carbons (Fsp3) is 0.100. The summed E-state index contributed by atoms with van der Waals surface area (Å²) < 4.78 is 0. The summed E-state index contributed by atoms with van der Waals surface area (Å²) in [6.07, 6.45) is 0. The smallest absolute Gasteiger partial charge is 0.266 e. The second-order valence-electron chi connectivity index (χ2n) is 3.20. The van der Waals surface area contributed by atoms with Crippen LogP contribution in [0.15, 0.2) is 24.3 Å². The van der Waals surface area contributed by atoms with E-state index in [1.807, 2.05) is 25.1 Å². The van der Waals surface area contributed by atoms with Gasteiger partial charge in [0.05, 0.1) is 5.69 Å². The Hall–Kier alpha value is -2.17. The second kappa shape index (κ2) is 3.53. The highest BCUT2D eigenvalue weighted by Gasteiger charge is 2.08. The molecule has 3 N–H and O–H groups in total. The van der Waals surface area contributed by atoms with Crippen LogP contribution >= 0.6 is 0 Å². The first kappa shape index (κ1) is 9.39. The van der Waals surface area contributed by atoms with Crippen molar-refractivity contribution in [2.45, 2.75) is 6.92 Å². The lowest BCUT2D eigenvalue weighted by Crippen LogP contribution is -2.10. The maximum Gasteiger partial charge on any atom is 0.266 e. The number of carbonyl (C=O) groups is 1. The van der Waals surface area contributed by atoms with E-state index in [1.165, 1.54) is 0 Å². The van der Waals surface area contributed by atoms with Gasteiger partial charge in [-0.2, -0.15) is 5.10 Å². The predicted octanol–water partition coefficient (Wildman–Crippen LogP) is 0.879. The van der Waals surface area contributed by atoms with E-state index in [9.17, 15) is 4.79 Å². The van der Waals surface area contributed by atoms with Crippen LogP contribution in [0.2, 0.25) is 0 Å². The van der Waals surface area contributed by atoms with E-state index < -0.39 is 5.91 Å². The van der Waals surface area contributed by atoms with Crippen molar-refractivity contribution < 1.29 is 4.79 Å². The van der Waals surface area contributed by atoms with Gasteiger partial charge in [0.1, 0.15) is 11.4 Å². The number of aryl methyl sites for hydroxylation is 1. The Bertz CT molecular complexity index is 504. The van der Waals surface area contributed by atoms with Gasteiger partial charge in [-0.05, 0) is 25.1 Å². The molecule has 5 heteroatoms. The molecule has 2 aromatic rings. The Morgan fingerprint density at radius 1 is 1.40 bits per heavy atom. The number of amides is 1. The van der Waals surface area contributed by atoms with Crippen LogP contribution in [-0.2, 0) is 0 Å². The van der Waals surface area contributed by atoms with Crippen molar-refractivity contribution >= 4 is 5.91 Å². The van der Waals surface area contributed by atoms with E-state index in [4.69, 9.17) is 5.73 Å². The molecule has 76 valence electrons. The van der Waals surface area contributed by atoms with E-state index in [2.05, 4.69) is 15.2 Å². The molecule has 2 aromatic heterocycles. The molecule has 5 nitrogen and oxygen atoms in total. The molecule has 0 aliphatic heterocycles. The van der Waals surface area contributed by atoms with Gasteiger partial charge in [0, 0.05) is 5.69 Å². The van der Waals surface area contributed by atoms with Gasteiger partial charge in [0.2, 0.25) is 0 Å². The Morgan fingerprint density at radius 2 is 2.20 bits per heavy atom. The van der Waals surface area contributed by atoms with Crippen molar-refractivity contribution in [1.82, 2.24) is 15.2 Å². The number of hydrogen-bond acceptors (Lipinski definition) is 3. The molecule has 0 aliphatic rings. The monoisotopic (exact) mass is 202 g/mol. The average molecular weight is 202 g/mol. The number of hydrogen-bond donors (Lipinski definition) is 2. The van der Waals surface area contributed by atoms with Crippen molar-refractivity contribution in [3.8, 4) is 11.4 Å². The van der Waals surface area contributed by atoms with Gasteiger partial charge < -0.3 is 5.73 Å². The van der Waals surface area contributed by atoms with Crippen LogP contribution in [0, 0.1) is 6.92 Å². The van der Waals surface area contributed by atoms with Crippen molar-refractivity contribution in [3.05, 3.63) is 35.7 Å². The van der Waals surface area contributed by atoms with Crippen LogP contribution in [0.4, 0.5) is 0 Å². The number of nitrogens with one attached hydrogen (secondary N) is 1. The number of pyridine rings is 1. The van der Waals surface area contributed by atoms with Gasteiger partial charge in [-0.15, -0.1) is 0 Å². The van der Waals surface area contributed by atoms with Crippen molar-refractivity contribution in [3.63, 3.8) is 0 Å². The number of aromatic nitrogens is 3. The summed E-state index contributed by atoms with van der Waals surface area (Å²) in [5.41, 5.74) is 7.63. The molecular weight excluding hydrogens is 192 g/mol. The molecule has 2 rings (SSSR count). The fourth-order valence-electron chi connectivity index (χ4n) is 1.26. The van der Waals surface area contributed by atoms with E-state index in [0.717, 1.165) is 11.4 Å². The SMILES string of the molecule is Cc1cccc(-c2cc(C(N)=O)[nH]n2)n1. The van der Waals surface area contributed by atoms with Crippen molar-refractivity contribution in [1.29, 1.82) is 0 Å². The zero-order valence-corrected chi connectivity index (χ0v) is 8.19. The van der Waals surface area contributed by atoms with E-state index >= 15 is 0 Å². The number of rotatable bonds is 2. The highest BCUT2D eigenvalue weighted by atomic mass is 16.1. The van der Waals surface area contributed by atoms with Crippen LogP contribution in [0.3, 0.4) is 0 Å². The maximum absolute atomic E-state index is 10.8. The molecule has 0 bridgehead atoms. The average Bonchev–Trinajstić information content (AvgIpc) is 2.66. The lowest BCUT2D eigenvalue weighted by Gasteiger charge is -1.95. The highest BCUT2D eigenvalue weighted by Crippen LogP contribution is 2.14. The molecule has 0 radical (unpaired) electrons. The molecule has 0 saturated heterocycles. The van der Waals surface area contributed by atoms with Crippen LogP contribution in [0.1, 0.15) is 16.2 Å². The topological polar surface area (TPSA) is 84.7 Å². The van der Waals surface area contributed by atoms with Gasteiger partial charge in [-0.3, -0.25) is 14.9 Å². The lowest BCUT2D eigenvalue weighted by molar-refractivity contribution is 0.0995. The van der Waals surface area contributed by atoms with E-state index in [-0.39, 0.29) is 5.69 Å². The zero-order valence-electron chi connectivity index (χ0n) is 8.19. The number of carbonyl (C=O) groups excluding carboxylic acids is 1. The minimum absolute atomic E-state index is 0.285. The Morgan fingerprint density at radius 3 is 2.80 bits per heavy atom. The van der Waals surface area contributed by atoms with Gasteiger partial charge >= 0.3 is 0 Å². The molecule has 0 aromatic carbocycles. The lowest BCUT2D eigenvalue weighted by atomic mass is 10.2. The molecule has 0 spiro atoms. The van der Waals surface area contributed by atoms with Gasteiger partial charge in [-0.1, -0.05) is 6.07 Å². The van der Waals surface area contributed by atoms with E-state index in [1.54, 1.807) is 6.07 Å². The Labute approximate surface area is 86.3 Å². The molecule has 15 heavy (non-hydrogen) atoms. The molecule has 0 fully saturated rings. The van der Waals surface area contributed by atoms with Crippen molar-refractivity contribution in [2.24, 2.45) is 5.73 Å². The number of H-pyrrole nitrogens is 1. The number of nitrogens with zero attached hydrogens (tertiary/aromatic N) is 2. The summed E-state index contributed by atoms with van der Waals surface area (Å²) >= 11 is 0. The van der Waals surface area contributed by atoms with Crippen LogP contribution in [-0.4, -0.2) is 21.1 Å². The molecular formula is C10H10N4O. The third kappa shape index (κ3) is 1.85. The van der Waals surface area contributed by atoms with Crippen LogP contribution < -0.4 is 5.73 Å². The minimum atomic E-state index is -0.526. The number of primary amides is 1. The van der Waals surface area contributed by atoms with Gasteiger partial charge in [-0.25, -0.2) is 0 Å². The zero-order chi connectivity index (χ0) is 10.8. The summed E-state index contributed by atoms with van der Waals surface area (Å²) in [4.78, 5) is 15.1. The number of aromatic amines is 1. The molecule has 2 heterocycles. The highest BCUT2D eigenvalue weighted by molar-refractivity contribution is 5.91. The largest absolute Gasteiger partial charge is 0.364 e. The molecule has 0 aliphatic carbocycles. The molecule has 0 saturated carbocycles. The normalized spacial score (nSPS) is 10.2. The first-order chi connectivity index (χ1) is 7.16. The first-order valence-corrected chi connectivity index (χ1v) is 4.46.